The van der Waals surface area contributed by atoms with Crippen LogP contribution in [0, 0.1) is 19.3 Å². The van der Waals surface area contributed by atoms with E-state index in [2.05, 4.69) is 31.4 Å². The summed E-state index contributed by atoms with van der Waals surface area (Å²) in [5.41, 5.74) is 2.99. The highest BCUT2D eigenvalue weighted by molar-refractivity contribution is 5.96. The van der Waals surface area contributed by atoms with Crippen molar-refractivity contribution in [3.63, 3.8) is 0 Å². The van der Waals surface area contributed by atoms with Gasteiger partial charge in [0.05, 0.1) is 6.04 Å². The summed E-state index contributed by atoms with van der Waals surface area (Å²) in [4.78, 5) is 12.3. The van der Waals surface area contributed by atoms with Crippen LogP contribution in [0.1, 0.15) is 31.9 Å². The Bertz CT molecular complexity index is 412. The van der Waals surface area contributed by atoms with Crippen molar-refractivity contribution in [2.24, 2.45) is 5.41 Å². The molecule has 100 valence electrons. The lowest BCUT2D eigenvalue weighted by Gasteiger charge is -2.29. The highest BCUT2D eigenvalue weighted by atomic mass is 16.2. The Hall–Kier alpha value is -1.35. The number of rotatable bonds is 3. The number of nitrogens with one attached hydrogen (secondary N) is 2. The molecule has 0 aliphatic carbocycles. The summed E-state index contributed by atoms with van der Waals surface area (Å²) in [6.07, 6.45) is 0. The van der Waals surface area contributed by atoms with Gasteiger partial charge in [-0.05, 0) is 37.4 Å². The van der Waals surface area contributed by atoms with Crippen molar-refractivity contribution in [3.05, 3.63) is 29.3 Å². The summed E-state index contributed by atoms with van der Waals surface area (Å²) >= 11 is 0. The third-order valence-corrected chi connectivity index (χ3v) is 3.15. The molecule has 0 bridgehead atoms. The van der Waals surface area contributed by atoms with E-state index in [1.807, 2.05) is 39.1 Å². The first-order chi connectivity index (χ1) is 8.27. The van der Waals surface area contributed by atoms with E-state index in [0.29, 0.717) is 0 Å². The zero-order chi connectivity index (χ0) is 13.9. The first kappa shape index (κ1) is 14.7. The van der Waals surface area contributed by atoms with Crippen LogP contribution in [0.4, 0.5) is 5.69 Å². The van der Waals surface area contributed by atoms with Crippen LogP contribution in [0.3, 0.4) is 0 Å². The molecule has 18 heavy (non-hydrogen) atoms. The van der Waals surface area contributed by atoms with E-state index in [9.17, 15) is 4.79 Å². The Morgan fingerprint density at radius 2 is 1.67 bits per heavy atom. The SMILES string of the molecule is CNC(C(=O)Nc1c(C)cccc1C)C(C)(C)C. The number of likely N-dealkylation sites (N-methyl/N-ethyl adjacent to an activating group) is 1. The lowest BCUT2D eigenvalue weighted by Crippen LogP contribution is -2.47. The molecular formula is C15H24N2O. The summed E-state index contributed by atoms with van der Waals surface area (Å²) in [5, 5.41) is 6.12. The monoisotopic (exact) mass is 248 g/mol. The van der Waals surface area contributed by atoms with E-state index < -0.39 is 0 Å². The summed E-state index contributed by atoms with van der Waals surface area (Å²) in [6.45, 7) is 10.2. The molecule has 1 aromatic carbocycles. The van der Waals surface area contributed by atoms with E-state index in [4.69, 9.17) is 0 Å². The van der Waals surface area contributed by atoms with Crippen molar-refractivity contribution < 1.29 is 4.79 Å². The van der Waals surface area contributed by atoms with Gasteiger partial charge in [-0.1, -0.05) is 39.0 Å². The number of hydrogen-bond donors (Lipinski definition) is 2. The second-order valence-corrected chi connectivity index (χ2v) is 5.84. The molecule has 1 amide bonds. The van der Waals surface area contributed by atoms with Crippen LogP contribution in [0.5, 0.6) is 0 Å². The highest BCUT2D eigenvalue weighted by Crippen LogP contribution is 2.23. The second kappa shape index (κ2) is 5.53. The fourth-order valence-corrected chi connectivity index (χ4v) is 2.16. The minimum absolute atomic E-state index is 0.0161. The van der Waals surface area contributed by atoms with Gasteiger partial charge in [-0.2, -0.15) is 0 Å². The first-order valence-corrected chi connectivity index (χ1v) is 6.31. The summed E-state index contributed by atoms with van der Waals surface area (Å²) < 4.78 is 0. The van der Waals surface area contributed by atoms with Gasteiger partial charge in [0.2, 0.25) is 5.91 Å². The minimum Gasteiger partial charge on any atom is -0.324 e. The number of benzene rings is 1. The summed E-state index contributed by atoms with van der Waals surface area (Å²) in [7, 11) is 1.82. The van der Waals surface area contributed by atoms with E-state index in [1.165, 1.54) is 0 Å². The van der Waals surface area contributed by atoms with Gasteiger partial charge in [-0.3, -0.25) is 4.79 Å². The van der Waals surface area contributed by atoms with E-state index in [0.717, 1.165) is 16.8 Å². The molecule has 0 spiro atoms. The standard InChI is InChI=1S/C15H24N2O/c1-10-8-7-9-11(2)12(10)17-14(18)13(16-6)15(3,4)5/h7-9,13,16H,1-6H3,(H,17,18). The molecule has 1 unspecified atom stereocenters. The predicted octanol–water partition coefficient (Wildman–Crippen LogP) is 2.88. The molecule has 2 N–H and O–H groups in total. The predicted molar refractivity (Wildman–Crippen MR) is 76.8 cm³/mol. The van der Waals surface area contributed by atoms with Crippen molar-refractivity contribution in [1.82, 2.24) is 5.32 Å². The van der Waals surface area contributed by atoms with Crippen LogP contribution in [-0.4, -0.2) is 19.0 Å². The topological polar surface area (TPSA) is 41.1 Å². The molecule has 1 atom stereocenters. The Kier molecular flexibility index (Phi) is 4.52. The largest absolute Gasteiger partial charge is 0.324 e. The lowest BCUT2D eigenvalue weighted by molar-refractivity contribution is -0.120. The Morgan fingerprint density at radius 3 is 2.06 bits per heavy atom. The van der Waals surface area contributed by atoms with Crippen LogP contribution in [0.15, 0.2) is 18.2 Å². The maximum absolute atomic E-state index is 12.3. The van der Waals surface area contributed by atoms with Gasteiger partial charge < -0.3 is 10.6 Å². The van der Waals surface area contributed by atoms with E-state index in [1.54, 1.807) is 0 Å². The average Bonchev–Trinajstić information content (AvgIpc) is 2.22. The van der Waals surface area contributed by atoms with Crippen LogP contribution in [0.25, 0.3) is 0 Å². The van der Waals surface area contributed by atoms with Gasteiger partial charge in [0, 0.05) is 5.69 Å². The number of carbonyl (C=O) groups excluding carboxylic acids is 1. The third-order valence-electron chi connectivity index (χ3n) is 3.15. The zero-order valence-electron chi connectivity index (χ0n) is 12.2. The second-order valence-electron chi connectivity index (χ2n) is 5.84. The van der Waals surface area contributed by atoms with Gasteiger partial charge in [0.1, 0.15) is 0 Å². The van der Waals surface area contributed by atoms with Gasteiger partial charge in [0.15, 0.2) is 0 Å². The number of para-hydroxylation sites is 1. The molecule has 0 saturated heterocycles. The fourth-order valence-electron chi connectivity index (χ4n) is 2.16. The maximum atomic E-state index is 12.3. The first-order valence-electron chi connectivity index (χ1n) is 6.31. The molecule has 0 aliphatic heterocycles. The number of anilines is 1. The Labute approximate surface area is 110 Å². The molecule has 0 saturated carbocycles. The number of aryl methyl sites for hydroxylation is 2. The number of carbonyl (C=O) groups is 1. The molecule has 0 aliphatic rings. The smallest absolute Gasteiger partial charge is 0.242 e. The van der Waals surface area contributed by atoms with Crippen molar-refractivity contribution in [2.75, 3.05) is 12.4 Å². The molecule has 1 rings (SSSR count). The van der Waals surface area contributed by atoms with Crippen molar-refractivity contribution in [3.8, 4) is 0 Å². The van der Waals surface area contributed by atoms with Crippen LogP contribution in [0.2, 0.25) is 0 Å². The molecule has 1 aromatic rings. The van der Waals surface area contributed by atoms with E-state index in [-0.39, 0.29) is 17.4 Å². The normalized spacial score (nSPS) is 13.2. The minimum atomic E-state index is -0.212. The maximum Gasteiger partial charge on any atom is 0.242 e. The van der Waals surface area contributed by atoms with Crippen LogP contribution < -0.4 is 10.6 Å². The zero-order valence-corrected chi connectivity index (χ0v) is 12.2. The molecular weight excluding hydrogens is 224 g/mol. The fraction of sp³-hybridized carbons (Fsp3) is 0.533. The number of amides is 1. The van der Waals surface area contributed by atoms with Crippen molar-refractivity contribution >= 4 is 11.6 Å². The van der Waals surface area contributed by atoms with Gasteiger partial charge >= 0.3 is 0 Å². The molecule has 3 heteroatoms. The van der Waals surface area contributed by atoms with Crippen molar-refractivity contribution in [1.29, 1.82) is 0 Å². The molecule has 0 heterocycles. The van der Waals surface area contributed by atoms with Gasteiger partial charge in [0.25, 0.3) is 0 Å². The Morgan fingerprint density at radius 1 is 1.17 bits per heavy atom. The molecule has 0 fully saturated rings. The van der Waals surface area contributed by atoms with Gasteiger partial charge in [-0.25, -0.2) is 0 Å². The molecule has 3 nitrogen and oxygen atoms in total. The lowest BCUT2D eigenvalue weighted by atomic mass is 9.86. The quantitative estimate of drug-likeness (QED) is 0.863. The molecule has 0 aromatic heterocycles. The van der Waals surface area contributed by atoms with Gasteiger partial charge in [-0.15, -0.1) is 0 Å². The van der Waals surface area contributed by atoms with Crippen molar-refractivity contribution in [2.45, 2.75) is 40.7 Å². The highest BCUT2D eigenvalue weighted by Gasteiger charge is 2.30. The molecule has 0 radical (unpaired) electrons. The third kappa shape index (κ3) is 3.33. The van der Waals surface area contributed by atoms with Crippen LogP contribution >= 0.6 is 0 Å². The van der Waals surface area contributed by atoms with E-state index >= 15 is 0 Å². The summed E-state index contributed by atoms with van der Waals surface area (Å²) in [6, 6.07) is 5.80. The number of hydrogen-bond acceptors (Lipinski definition) is 2. The Balaban J connectivity index is 2.94. The summed E-state index contributed by atoms with van der Waals surface area (Å²) in [5.74, 6) is 0.0161. The van der Waals surface area contributed by atoms with Crippen LogP contribution in [-0.2, 0) is 4.79 Å². The average molecular weight is 248 g/mol.